The fraction of sp³-hybridized carbons (Fsp3) is 0.417. The Bertz CT molecular complexity index is 397. The molecule has 16 heavy (non-hydrogen) atoms. The highest BCUT2D eigenvalue weighted by Crippen LogP contribution is 2.23. The van der Waals surface area contributed by atoms with Crippen LogP contribution in [0.1, 0.15) is 28.8 Å². The van der Waals surface area contributed by atoms with Crippen molar-refractivity contribution in [1.29, 1.82) is 0 Å². The van der Waals surface area contributed by atoms with Gasteiger partial charge in [-0.1, -0.05) is 0 Å². The molecule has 2 N–H and O–H groups in total. The molecule has 86 valence electrons. The third-order valence-corrected chi connectivity index (χ3v) is 2.88. The van der Waals surface area contributed by atoms with Crippen LogP contribution in [-0.2, 0) is 6.61 Å². The number of carboxylic acids is 1. The monoisotopic (exact) mass is 221 g/mol. The first-order chi connectivity index (χ1) is 7.70. The molecule has 1 saturated heterocycles. The van der Waals surface area contributed by atoms with Gasteiger partial charge in [-0.2, -0.15) is 0 Å². The van der Waals surface area contributed by atoms with Crippen molar-refractivity contribution in [2.24, 2.45) is 0 Å². The third kappa shape index (κ3) is 2.17. The van der Waals surface area contributed by atoms with Crippen LogP contribution in [-0.4, -0.2) is 29.3 Å². The molecule has 1 aromatic rings. The van der Waals surface area contributed by atoms with Crippen LogP contribution in [0.5, 0.6) is 0 Å². The van der Waals surface area contributed by atoms with Crippen molar-refractivity contribution in [2.45, 2.75) is 19.4 Å². The minimum atomic E-state index is -0.948. The number of hydrogen-bond acceptors (Lipinski definition) is 3. The van der Waals surface area contributed by atoms with E-state index in [2.05, 4.69) is 4.90 Å². The Balaban J connectivity index is 2.35. The van der Waals surface area contributed by atoms with E-state index in [-0.39, 0.29) is 12.2 Å². The molecule has 0 amide bonds. The molecule has 2 rings (SSSR count). The number of carboxylic acid groups (broad SMARTS) is 1. The van der Waals surface area contributed by atoms with Gasteiger partial charge in [-0.05, 0) is 36.6 Å². The lowest BCUT2D eigenvalue weighted by molar-refractivity contribution is 0.0696. The van der Waals surface area contributed by atoms with Gasteiger partial charge in [0.2, 0.25) is 0 Å². The van der Waals surface area contributed by atoms with E-state index < -0.39 is 5.97 Å². The molecule has 1 heterocycles. The predicted octanol–water partition coefficient (Wildman–Crippen LogP) is 1.48. The quantitative estimate of drug-likeness (QED) is 0.811. The number of aliphatic hydroxyl groups is 1. The second kappa shape index (κ2) is 4.53. The summed E-state index contributed by atoms with van der Waals surface area (Å²) in [6.45, 7) is 1.81. The molecular formula is C12H15NO3. The molecule has 0 atom stereocenters. The fourth-order valence-corrected chi connectivity index (χ4v) is 2.05. The Kier molecular flexibility index (Phi) is 3.10. The lowest BCUT2D eigenvalue weighted by atomic mass is 10.1. The summed E-state index contributed by atoms with van der Waals surface area (Å²) in [4.78, 5) is 13.1. The van der Waals surface area contributed by atoms with Gasteiger partial charge in [0.15, 0.2) is 0 Å². The second-order valence-corrected chi connectivity index (χ2v) is 4.05. The van der Waals surface area contributed by atoms with Gasteiger partial charge in [-0.3, -0.25) is 0 Å². The van der Waals surface area contributed by atoms with Gasteiger partial charge in [0.1, 0.15) is 0 Å². The molecule has 0 aromatic heterocycles. The van der Waals surface area contributed by atoms with Crippen LogP contribution in [0.3, 0.4) is 0 Å². The van der Waals surface area contributed by atoms with E-state index in [9.17, 15) is 4.79 Å². The molecule has 0 unspecified atom stereocenters. The lowest BCUT2D eigenvalue weighted by Gasteiger charge is -2.18. The average Bonchev–Trinajstić information content (AvgIpc) is 2.81. The van der Waals surface area contributed by atoms with Gasteiger partial charge in [0.05, 0.1) is 12.2 Å². The van der Waals surface area contributed by atoms with Crippen molar-refractivity contribution in [1.82, 2.24) is 0 Å². The number of carbonyl (C=O) groups is 1. The van der Waals surface area contributed by atoms with Gasteiger partial charge < -0.3 is 15.1 Å². The zero-order valence-electron chi connectivity index (χ0n) is 9.02. The second-order valence-electron chi connectivity index (χ2n) is 4.05. The standard InChI is InChI=1S/C12H15NO3/c14-8-9-5-10(12(15)16)7-11(6-9)13-3-1-2-4-13/h5-7,14H,1-4,8H2,(H,15,16). The highest BCUT2D eigenvalue weighted by molar-refractivity contribution is 5.89. The predicted molar refractivity (Wildman–Crippen MR) is 60.8 cm³/mol. The molecule has 4 heteroatoms. The van der Waals surface area contributed by atoms with Gasteiger partial charge in [0, 0.05) is 18.8 Å². The largest absolute Gasteiger partial charge is 0.478 e. The number of aromatic carboxylic acids is 1. The number of benzene rings is 1. The van der Waals surface area contributed by atoms with E-state index in [0.717, 1.165) is 31.6 Å². The summed E-state index contributed by atoms with van der Waals surface area (Å²) in [5, 5.41) is 18.1. The maximum absolute atomic E-state index is 10.9. The highest BCUT2D eigenvalue weighted by atomic mass is 16.4. The number of anilines is 1. The maximum atomic E-state index is 10.9. The topological polar surface area (TPSA) is 60.8 Å². The van der Waals surface area contributed by atoms with Crippen LogP contribution in [0, 0.1) is 0 Å². The number of aliphatic hydroxyl groups excluding tert-OH is 1. The van der Waals surface area contributed by atoms with Crippen molar-refractivity contribution >= 4 is 11.7 Å². The molecule has 0 spiro atoms. The number of nitrogens with zero attached hydrogens (tertiary/aromatic N) is 1. The molecule has 0 aliphatic carbocycles. The van der Waals surface area contributed by atoms with Crippen molar-refractivity contribution in [2.75, 3.05) is 18.0 Å². The van der Waals surface area contributed by atoms with Gasteiger partial charge >= 0.3 is 5.97 Å². The summed E-state index contributed by atoms with van der Waals surface area (Å²) < 4.78 is 0. The average molecular weight is 221 g/mol. The smallest absolute Gasteiger partial charge is 0.335 e. The van der Waals surface area contributed by atoms with Crippen molar-refractivity contribution < 1.29 is 15.0 Å². The summed E-state index contributed by atoms with van der Waals surface area (Å²) in [6, 6.07) is 5.05. The number of hydrogen-bond donors (Lipinski definition) is 2. The van der Waals surface area contributed by atoms with E-state index >= 15 is 0 Å². The summed E-state index contributed by atoms with van der Waals surface area (Å²) in [6.07, 6.45) is 2.29. The van der Waals surface area contributed by atoms with Gasteiger partial charge in [-0.25, -0.2) is 4.79 Å². The molecule has 0 bridgehead atoms. The highest BCUT2D eigenvalue weighted by Gasteiger charge is 2.15. The molecule has 0 saturated carbocycles. The minimum absolute atomic E-state index is 0.123. The van der Waals surface area contributed by atoms with E-state index in [4.69, 9.17) is 10.2 Å². The Morgan fingerprint density at radius 1 is 1.25 bits per heavy atom. The molecule has 1 aromatic carbocycles. The zero-order valence-corrected chi connectivity index (χ0v) is 9.02. The van der Waals surface area contributed by atoms with E-state index in [1.807, 2.05) is 6.07 Å². The summed E-state index contributed by atoms with van der Waals surface area (Å²) >= 11 is 0. The summed E-state index contributed by atoms with van der Waals surface area (Å²) in [5.41, 5.74) is 1.80. The van der Waals surface area contributed by atoms with Crippen LogP contribution < -0.4 is 4.90 Å². The first-order valence-electron chi connectivity index (χ1n) is 5.44. The molecule has 1 aliphatic heterocycles. The van der Waals surface area contributed by atoms with Crippen LogP contribution in [0.2, 0.25) is 0 Å². The van der Waals surface area contributed by atoms with E-state index in [1.165, 1.54) is 6.07 Å². The molecule has 1 fully saturated rings. The van der Waals surface area contributed by atoms with Gasteiger partial charge in [-0.15, -0.1) is 0 Å². The van der Waals surface area contributed by atoms with Crippen molar-refractivity contribution in [3.8, 4) is 0 Å². The Morgan fingerprint density at radius 2 is 1.94 bits per heavy atom. The number of rotatable bonds is 3. The van der Waals surface area contributed by atoms with Gasteiger partial charge in [0.25, 0.3) is 0 Å². The normalized spacial score (nSPS) is 15.4. The lowest BCUT2D eigenvalue weighted by Crippen LogP contribution is -2.18. The van der Waals surface area contributed by atoms with Crippen LogP contribution >= 0.6 is 0 Å². The Labute approximate surface area is 94.1 Å². The molecule has 4 nitrogen and oxygen atoms in total. The first kappa shape index (κ1) is 11.0. The van der Waals surface area contributed by atoms with Crippen LogP contribution in [0.4, 0.5) is 5.69 Å². The minimum Gasteiger partial charge on any atom is -0.478 e. The molecule has 0 radical (unpaired) electrons. The molecular weight excluding hydrogens is 206 g/mol. The van der Waals surface area contributed by atoms with Crippen LogP contribution in [0.15, 0.2) is 18.2 Å². The van der Waals surface area contributed by atoms with E-state index in [1.54, 1.807) is 6.07 Å². The SMILES string of the molecule is O=C(O)c1cc(CO)cc(N2CCCC2)c1. The van der Waals surface area contributed by atoms with Crippen LogP contribution in [0.25, 0.3) is 0 Å². The zero-order chi connectivity index (χ0) is 11.5. The first-order valence-corrected chi connectivity index (χ1v) is 5.44. The molecule has 1 aliphatic rings. The fourth-order valence-electron chi connectivity index (χ4n) is 2.05. The summed E-state index contributed by atoms with van der Waals surface area (Å²) in [7, 11) is 0. The Morgan fingerprint density at radius 3 is 2.50 bits per heavy atom. The third-order valence-electron chi connectivity index (χ3n) is 2.88. The summed E-state index contributed by atoms with van der Waals surface area (Å²) in [5.74, 6) is -0.948. The Hall–Kier alpha value is -1.55. The van der Waals surface area contributed by atoms with E-state index in [0.29, 0.717) is 5.56 Å². The van der Waals surface area contributed by atoms with Crippen molar-refractivity contribution in [3.05, 3.63) is 29.3 Å². The van der Waals surface area contributed by atoms with Crippen molar-refractivity contribution in [3.63, 3.8) is 0 Å². The maximum Gasteiger partial charge on any atom is 0.335 e.